The first kappa shape index (κ1) is 25.7. The summed E-state index contributed by atoms with van der Waals surface area (Å²) in [6.07, 6.45) is 3.74. The molecule has 0 bridgehead atoms. The van der Waals surface area contributed by atoms with Crippen molar-refractivity contribution in [3.8, 4) is 29.1 Å². The molecule has 0 aromatic heterocycles. The van der Waals surface area contributed by atoms with Crippen molar-refractivity contribution in [2.45, 2.75) is 20.0 Å². The van der Waals surface area contributed by atoms with Crippen LogP contribution in [0.3, 0.4) is 0 Å². The number of carbonyl (C=O) groups is 1. The van der Waals surface area contributed by atoms with Crippen molar-refractivity contribution in [3.63, 3.8) is 0 Å². The van der Waals surface area contributed by atoms with Gasteiger partial charge in [-0.15, -0.1) is 6.58 Å². The number of amides is 1. The normalized spacial score (nSPS) is 12.0. The maximum Gasteiger partial charge on any atom is 0.266 e. The third-order valence-corrected chi connectivity index (χ3v) is 6.07. The second-order valence-electron chi connectivity index (χ2n) is 8.27. The van der Waals surface area contributed by atoms with Crippen molar-refractivity contribution in [1.29, 1.82) is 5.26 Å². The molecule has 4 rings (SSSR count). The van der Waals surface area contributed by atoms with Crippen LogP contribution in [0, 0.1) is 18.3 Å². The van der Waals surface area contributed by atoms with Crippen molar-refractivity contribution in [2.75, 3.05) is 19.2 Å². The Labute approximate surface area is 220 Å². The number of nitrogens with one attached hydrogen (secondary N) is 1. The van der Waals surface area contributed by atoms with Crippen LogP contribution in [-0.4, -0.2) is 19.8 Å². The monoisotopic (exact) mass is 516 g/mol. The highest BCUT2D eigenvalue weighted by Gasteiger charge is 2.17. The molecule has 0 atom stereocenters. The number of fused-ring (bicyclic) bond motifs is 1. The number of rotatable bonds is 9. The van der Waals surface area contributed by atoms with Crippen LogP contribution >= 0.6 is 11.6 Å². The molecular weight excluding hydrogens is 492 g/mol. The van der Waals surface area contributed by atoms with E-state index >= 15 is 0 Å². The van der Waals surface area contributed by atoms with Crippen LogP contribution in [0.5, 0.6) is 23.0 Å². The first-order chi connectivity index (χ1) is 17.9. The van der Waals surface area contributed by atoms with E-state index in [-0.39, 0.29) is 19.0 Å². The van der Waals surface area contributed by atoms with Gasteiger partial charge in [-0.3, -0.25) is 4.79 Å². The zero-order valence-electron chi connectivity index (χ0n) is 20.5. The van der Waals surface area contributed by atoms with Gasteiger partial charge in [0.05, 0.1) is 7.11 Å². The van der Waals surface area contributed by atoms with Gasteiger partial charge in [0.2, 0.25) is 6.79 Å². The largest absolute Gasteiger partial charge is 0.493 e. The van der Waals surface area contributed by atoms with E-state index < -0.39 is 5.91 Å². The van der Waals surface area contributed by atoms with Gasteiger partial charge in [-0.05, 0) is 72.5 Å². The first-order valence-corrected chi connectivity index (χ1v) is 11.8. The SMILES string of the molecule is C=CCc1cc(/C=C(/C#N)C(=O)Nc2ccc(C)c(Cl)c2)cc(OC)c1OCc1ccc2c(c1)OCO2. The predicted molar refractivity (Wildman–Crippen MR) is 142 cm³/mol. The third-order valence-electron chi connectivity index (χ3n) is 5.66. The number of nitrogens with zero attached hydrogens (tertiary/aromatic N) is 1. The molecule has 8 heteroatoms. The minimum atomic E-state index is -0.546. The second-order valence-corrected chi connectivity index (χ2v) is 8.68. The lowest BCUT2D eigenvalue weighted by Crippen LogP contribution is -2.13. The molecule has 1 aliphatic heterocycles. The predicted octanol–water partition coefficient (Wildman–Crippen LogP) is 6.24. The molecule has 37 heavy (non-hydrogen) atoms. The van der Waals surface area contributed by atoms with Crippen molar-refractivity contribution < 1.29 is 23.7 Å². The number of nitriles is 1. The Balaban J connectivity index is 1.58. The molecule has 1 aliphatic rings. The minimum Gasteiger partial charge on any atom is -0.493 e. The first-order valence-electron chi connectivity index (χ1n) is 11.4. The van der Waals surface area contributed by atoms with Gasteiger partial charge < -0.3 is 24.3 Å². The number of allylic oxidation sites excluding steroid dienone is 1. The van der Waals surface area contributed by atoms with E-state index in [1.165, 1.54) is 13.2 Å². The van der Waals surface area contributed by atoms with Crippen LogP contribution in [-0.2, 0) is 17.8 Å². The molecule has 0 aliphatic carbocycles. The molecule has 0 radical (unpaired) electrons. The van der Waals surface area contributed by atoms with Gasteiger partial charge in [0.25, 0.3) is 5.91 Å². The maximum absolute atomic E-state index is 12.8. The minimum absolute atomic E-state index is 0.0719. The summed E-state index contributed by atoms with van der Waals surface area (Å²) in [4.78, 5) is 12.8. The number of halogens is 1. The molecule has 0 unspecified atom stereocenters. The quantitative estimate of drug-likeness (QED) is 0.206. The number of ether oxygens (including phenoxy) is 4. The Morgan fingerprint density at radius 1 is 1.19 bits per heavy atom. The fourth-order valence-electron chi connectivity index (χ4n) is 3.76. The Hall–Kier alpha value is -4.41. The molecule has 7 nitrogen and oxygen atoms in total. The summed E-state index contributed by atoms with van der Waals surface area (Å²) >= 11 is 6.15. The highest BCUT2D eigenvalue weighted by molar-refractivity contribution is 6.31. The zero-order valence-corrected chi connectivity index (χ0v) is 21.2. The lowest BCUT2D eigenvalue weighted by atomic mass is 10.0. The van der Waals surface area contributed by atoms with Gasteiger partial charge in [0, 0.05) is 16.3 Å². The molecule has 3 aromatic rings. The van der Waals surface area contributed by atoms with E-state index in [2.05, 4.69) is 11.9 Å². The van der Waals surface area contributed by atoms with Crippen LogP contribution in [0.2, 0.25) is 5.02 Å². The highest BCUT2D eigenvalue weighted by Crippen LogP contribution is 2.36. The average molecular weight is 517 g/mol. The lowest BCUT2D eigenvalue weighted by Gasteiger charge is -2.16. The molecule has 0 saturated heterocycles. The number of carbonyl (C=O) groups excluding carboxylic acids is 1. The number of aryl methyl sites for hydroxylation is 1. The number of hydrogen-bond donors (Lipinski definition) is 1. The summed E-state index contributed by atoms with van der Waals surface area (Å²) in [5.41, 5.74) is 3.62. The van der Waals surface area contributed by atoms with E-state index in [4.69, 9.17) is 30.5 Å². The van der Waals surface area contributed by atoms with Gasteiger partial charge in [0.15, 0.2) is 23.0 Å². The summed E-state index contributed by atoms with van der Waals surface area (Å²) in [5, 5.41) is 12.9. The molecule has 188 valence electrons. The van der Waals surface area contributed by atoms with Crippen LogP contribution < -0.4 is 24.3 Å². The van der Waals surface area contributed by atoms with Crippen LogP contribution in [0.15, 0.2) is 66.8 Å². The van der Waals surface area contributed by atoms with Crippen LogP contribution in [0.25, 0.3) is 6.08 Å². The number of anilines is 1. The van der Waals surface area contributed by atoms with E-state index in [0.29, 0.717) is 45.7 Å². The van der Waals surface area contributed by atoms with E-state index in [0.717, 1.165) is 16.7 Å². The Morgan fingerprint density at radius 3 is 2.73 bits per heavy atom. The standard InChI is InChI=1S/C29H25ClN2O5/c1-4-5-21-10-20(11-22(15-31)29(33)32-23-8-6-18(2)24(30)14-23)13-27(34-3)28(21)35-16-19-7-9-25-26(12-19)37-17-36-25/h4,6-14H,1,5,16-17H2,2-3H3,(H,32,33)/b22-11-. The topological polar surface area (TPSA) is 89.8 Å². The summed E-state index contributed by atoms with van der Waals surface area (Å²) in [6.45, 7) is 6.18. The van der Waals surface area contributed by atoms with Gasteiger partial charge in [0.1, 0.15) is 18.2 Å². The Kier molecular flexibility index (Phi) is 8.02. The second kappa shape index (κ2) is 11.5. The van der Waals surface area contributed by atoms with Crippen molar-refractivity contribution in [1.82, 2.24) is 0 Å². The van der Waals surface area contributed by atoms with Crippen molar-refractivity contribution in [2.24, 2.45) is 0 Å². The summed E-state index contributed by atoms with van der Waals surface area (Å²) in [5.74, 6) is 1.85. The van der Waals surface area contributed by atoms with Crippen molar-refractivity contribution in [3.05, 3.63) is 94.0 Å². The number of benzene rings is 3. The van der Waals surface area contributed by atoms with E-state index in [1.807, 2.05) is 37.3 Å². The van der Waals surface area contributed by atoms with Gasteiger partial charge in [-0.2, -0.15) is 5.26 Å². The maximum atomic E-state index is 12.8. The molecule has 3 aromatic carbocycles. The van der Waals surface area contributed by atoms with Gasteiger partial charge in [-0.25, -0.2) is 0 Å². The Morgan fingerprint density at radius 2 is 2.00 bits per heavy atom. The van der Waals surface area contributed by atoms with Crippen LogP contribution in [0.4, 0.5) is 5.69 Å². The fourth-order valence-corrected chi connectivity index (χ4v) is 3.94. The molecule has 0 saturated carbocycles. The van der Waals surface area contributed by atoms with Gasteiger partial charge >= 0.3 is 0 Å². The summed E-state index contributed by atoms with van der Waals surface area (Å²) < 4.78 is 22.5. The molecule has 1 heterocycles. The molecule has 1 amide bonds. The third kappa shape index (κ3) is 6.05. The average Bonchev–Trinajstić information content (AvgIpc) is 3.36. The molecule has 0 fully saturated rings. The van der Waals surface area contributed by atoms with Crippen LogP contribution in [0.1, 0.15) is 22.3 Å². The smallest absolute Gasteiger partial charge is 0.266 e. The number of hydrogen-bond acceptors (Lipinski definition) is 6. The fraction of sp³-hybridized carbons (Fsp3) is 0.172. The highest BCUT2D eigenvalue weighted by atomic mass is 35.5. The molecule has 1 N–H and O–H groups in total. The molecular formula is C29H25ClN2O5. The van der Waals surface area contributed by atoms with E-state index in [9.17, 15) is 10.1 Å². The van der Waals surface area contributed by atoms with Crippen molar-refractivity contribution >= 4 is 29.3 Å². The Bertz CT molecular complexity index is 1420. The zero-order chi connectivity index (χ0) is 26.4. The number of methoxy groups -OCH3 is 1. The summed E-state index contributed by atoms with van der Waals surface area (Å²) in [6, 6.07) is 16.3. The lowest BCUT2D eigenvalue weighted by molar-refractivity contribution is -0.112. The van der Waals surface area contributed by atoms with E-state index in [1.54, 1.807) is 30.3 Å². The summed E-state index contributed by atoms with van der Waals surface area (Å²) in [7, 11) is 1.53. The molecule has 0 spiro atoms. The van der Waals surface area contributed by atoms with Gasteiger partial charge in [-0.1, -0.05) is 29.8 Å².